The minimum absolute atomic E-state index is 0.137. The second-order valence-electron chi connectivity index (χ2n) is 4.70. The van der Waals surface area contributed by atoms with Crippen LogP contribution in [0.2, 0.25) is 0 Å². The van der Waals surface area contributed by atoms with Crippen LogP contribution in [0.25, 0.3) is 0 Å². The van der Waals surface area contributed by atoms with Crippen molar-refractivity contribution in [3.8, 4) is 0 Å². The van der Waals surface area contributed by atoms with Gasteiger partial charge >= 0.3 is 0 Å². The number of nitrogens with one attached hydrogen (secondary N) is 3. The van der Waals surface area contributed by atoms with Crippen LogP contribution in [0, 0.1) is 0 Å². The number of rotatable bonds is 9. The van der Waals surface area contributed by atoms with Gasteiger partial charge in [0.15, 0.2) is 0 Å². The van der Waals surface area contributed by atoms with Crippen LogP contribution in [0.5, 0.6) is 0 Å². The van der Waals surface area contributed by atoms with E-state index < -0.39 is 15.6 Å². The minimum atomic E-state index is -3.26. The number of ether oxygens (including phenoxy) is 1. The van der Waals surface area contributed by atoms with Crippen molar-refractivity contribution in [2.45, 2.75) is 19.4 Å². The van der Waals surface area contributed by atoms with Crippen molar-refractivity contribution < 1.29 is 17.9 Å². The fourth-order valence-electron chi connectivity index (χ4n) is 1.38. The molecule has 0 aliphatic rings. The van der Waals surface area contributed by atoms with Crippen LogP contribution in [0.4, 0.5) is 0 Å². The number of hydrogen-bond acceptors (Lipinski definition) is 5. The Kier molecular flexibility index (Phi) is 7.37. The first-order valence-corrected chi connectivity index (χ1v) is 7.51. The fraction of sp³-hybridized carbons (Fsp3) is 0.900. The normalized spacial score (nSPS) is 12.4. The lowest BCUT2D eigenvalue weighted by atomic mass is 10.1. The van der Waals surface area contributed by atoms with Crippen LogP contribution < -0.4 is 15.4 Å². The summed E-state index contributed by atoms with van der Waals surface area (Å²) >= 11 is 0. The molecule has 108 valence electrons. The van der Waals surface area contributed by atoms with Crippen molar-refractivity contribution in [1.29, 1.82) is 0 Å². The zero-order chi connectivity index (χ0) is 14.2. The second-order valence-corrected chi connectivity index (χ2v) is 6.45. The Morgan fingerprint density at radius 3 is 2.44 bits per heavy atom. The van der Waals surface area contributed by atoms with E-state index in [2.05, 4.69) is 15.4 Å². The molecule has 0 fully saturated rings. The molecule has 3 N–H and O–H groups in total. The Hall–Kier alpha value is -0.700. The van der Waals surface area contributed by atoms with Gasteiger partial charge in [-0.25, -0.2) is 13.1 Å². The summed E-state index contributed by atoms with van der Waals surface area (Å²) in [7, 11) is -1.70. The first kappa shape index (κ1) is 17.3. The van der Waals surface area contributed by atoms with Crippen molar-refractivity contribution >= 4 is 15.9 Å². The molecule has 0 aliphatic carbocycles. The SMILES string of the molecule is COCCNC(=O)CNCC(C)(C)NS(C)(=O)=O. The van der Waals surface area contributed by atoms with E-state index in [1.54, 1.807) is 21.0 Å². The zero-order valence-corrected chi connectivity index (χ0v) is 12.2. The van der Waals surface area contributed by atoms with Crippen molar-refractivity contribution in [2.75, 3.05) is 39.6 Å². The smallest absolute Gasteiger partial charge is 0.234 e. The summed E-state index contributed by atoms with van der Waals surface area (Å²) in [4.78, 5) is 11.3. The first-order chi connectivity index (χ1) is 8.16. The number of hydrogen-bond donors (Lipinski definition) is 3. The number of amides is 1. The van der Waals surface area contributed by atoms with Crippen LogP contribution in [0.15, 0.2) is 0 Å². The molecule has 1 amide bonds. The highest BCUT2D eigenvalue weighted by Crippen LogP contribution is 2.01. The van der Waals surface area contributed by atoms with Gasteiger partial charge in [-0.2, -0.15) is 0 Å². The standard InChI is InChI=1S/C10H23N3O4S/c1-10(2,13-18(4,15)16)8-11-7-9(14)12-5-6-17-3/h11,13H,5-8H2,1-4H3,(H,12,14). The summed E-state index contributed by atoms with van der Waals surface area (Å²) < 4.78 is 29.4. The summed E-state index contributed by atoms with van der Waals surface area (Å²) in [6, 6.07) is 0. The van der Waals surface area contributed by atoms with Gasteiger partial charge in [-0.05, 0) is 13.8 Å². The third kappa shape index (κ3) is 10.5. The van der Waals surface area contributed by atoms with Gasteiger partial charge in [-0.1, -0.05) is 0 Å². The van der Waals surface area contributed by atoms with Crippen molar-refractivity contribution in [1.82, 2.24) is 15.4 Å². The third-order valence-corrected chi connectivity index (χ3v) is 2.87. The monoisotopic (exact) mass is 281 g/mol. The van der Waals surface area contributed by atoms with E-state index in [9.17, 15) is 13.2 Å². The summed E-state index contributed by atoms with van der Waals surface area (Å²) in [5.74, 6) is -0.151. The van der Waals surface area contributed by atoms with Gasteiger partial charge in [0.25, 0.3) is 0 Å². The predicted octanol–water partition coefficient (Wildman–Crippen LogP) is -1.33. The van der Waals surface area contributed by atoms with Crippen LogP contribution >= 0.6 is 0 Å². The lowest BCUT2D eigenvalue weighted by molar-refractivity contribution is -0.120. The Balaban J connectivity index is 3.85. The van der Waals surface area contributed by atoms with Crippen molar-refractivity contribution in [3.05, 3.63) is 0 Å². The molecule has 18 heavy (non-hydrogen) atoms. The highest BCUT2D eigenvalue weighted by molar-refractivity contribution is 7.88. The molecule has 0 atom stereocenters. The molecule has 0 aromatic rings. The molecule has 0 radical (unpaired) electrons. The molecule has 0 heterocycles. The van der Waals surface area contributed by atoms with Crippen LogP contribution in [0.1, 0.15) is 13.8 Å². The second kappa shape index (κ2) is 7.67. The van der Waals surface area contributed by atoms with E-state index in [0.29, 0.717) is 19.7 Å². The van der Waals surface area contributed by atoms with Gasteiger partial charge in [0.05, 0.1) is 19.4 Å². The van der Waals surface area contributed by atoms with Crippen molar-refractivity contribution in [2.24, 2.45) is 0 Å². The van der Waals surface area contributed by atoms with Gasteiger partial charge in [-0.3, -0.25) is 4.79 Å². The van der Waals surface area contributed by atoms with Gasteiger partial charge in [0.2, 0.25) is 15.9 Å². The molecule has 0 rings (SSSR count). The molecule has 8 heteroatoms. The summed E-state index contributed by atoms with van der Waals surface area (Å²) in [5.41, 5.74) is -0.638. The van der Waals surface area contributed by atoms with Crippen LogP contribution in [-0.4, -0.2) is 59.5 Å². The maximum atomic E-state index is 11.3. The van der Waals surface area contributed by atoms with Crippen LogP contribution in [-0.2, 0) is 19.6 Å². The minimum Gasteiger partial charge on any atom is -0.383 e. The average molecular weight is 281 g/mol. The molecule has 0 aromatic carbocycles. The molecule has 0 aliphatic heterocycles. The van der Waals surface area contributed by atoms with E-state index in [0.717, 1.165) is 6.26 Å². The van der Waals surface area contributed by atoms with Crippen molar-refractivity contribution in [3.63, 3.8) is 0 Å². The highest BCUT2D eigenvalue weighted by Gasteiger charge is 2.21. The number of sulfonamides is 1. The Morgan fingerprint density at radius 1 is 1.33 bits per heavy atom. The number of carbonyl (C=O) groups is 1. The highest BCUT2D eigenvalue weighted by atomic mass is 32.2. The number of methoxy groups -OCH3 is 1. The molecule has 0 saturated heterocycles. The quantitative estimate of drug-likeness (QED) is 0.455. The van der Waals surface area contributed by atoms with Crippen LogP contribution in [0.3, 0.4) is 0 Å². The Morgan fingerprint density at radius 2 is 1.94 bits per heavy atom. The molecule has 0 saturated carbocycles. The molecule has 0 bridgehead atoms. The van der Waals surface area contributed by atoms with Gasteiger partial charge < -0.3 is 15.4 Å². The number of carbonyl (C=O) groups excluding carboxylic acids is 1. The molecular formula is C10H23N3O4S. The van der Waals surface area contributed by atoms with Gasteiger partial charge in [0.1, 0.15) is 0 Å². The fourth-order valence-corrected chi connectivity index (χ4v) is 2.46. The molecular weight excluding hydrogens is 258 g/mol. The third-order valence-electron chi connectivity index (χ3n) is 1.94. The lowest BCUT2D eigenvalue weighted by Crippen LogP contribution is -2.51. The lowest BCUT2D eigenvalue weighted by Gasteiger charge is -2.25. The maximum absolute atomic E-state index is 11.3. The van der Waals surface area contributed by atoms with E-state index in [4.69, 9.17) is 4.74 Å². The zero-order valence-electron chi connectivity index (χ0n) is 11.4. The van der Waals surface area contributed by atoms with E-state index >= 15 is 0 Å². The average Bonchev–Trinajstić information content (AvgIpc) is 2.13. The summed E-state index contributed by atoms with van der Waals surface area (Å²) in [5, 5.41) is 5.55. The Bertz CT molecular complexity index is 354. The molecule has 0 aromatic heterocycles. The molecule has 0 spiro atoms. The van der Waals surface area contributed by atoms with Gasteiger partial charge in [0, 0.05) is 25.7 Å². The predicted molar refractivity (Wildman–Crippen MR) is 69.8 cm³/mol. The van der Waals surface area contributed by atoms with E-state index in [1.165, 1.54) is 0 Å². The molecule has 0 unspecified atom stereocenters. The van der Waals surface area contributed by atoms with E-state index in [1.807, 2.05) is 0 Å². The Labute approximate surface area is 109 Å². The largest absolute Gasteiger partial charge is 0.383 e. The molecule has 7 nitrogen and oxygen atoms in total. The van der Waals surface area contributed by atoms with Gasteiger partial charge in [-0.15, -0.1) is 0 Å². The summed E-state index contributed by atoms with van der Waals surface area (Å²) in [6.07, 6.45) is 1.10. The first-order valence-electron chi connectivity index (χ1n) is 5.61. The summed E-state index contributed by atoms with van der Waals surface area (Å²) in [6.45, 7) is 4.90. The maximum Gasteiger partial charge on any atom is 0.234 e. The topological polar surface area (TPSA) is 96.5 Å². The van der Waals surface area contributed by atoms with E-state index in [-0.39, 0.29) is 12.5 Å².